The second-order valence-electron chi connectivity index (χ2n) is 7.03. The number of carbonyl (C=O) groups is 2. The molecule has 2 aromatic carbocycles. The first-order chi connectivity index (χ1) is 14.7. The zero-order valence-corrected chi connectivity index (χ0v) is 17.5. The molecule has 5 N–H and O–H groups in total. The van der Waals surface area contributed by atoms with Crippen molar-refractivity contribution in [3.8, 4) is 28.7 Å². The van der Waals surface area contributed by atoms with Gasteiger partial charge in [-0.05, 0) is 24.8 Å². The summed E-state index contributed by atoms with van der Waals surface area (Å²) in [4.78, 5) is 25.0. The molecule has 0 saturated carbocycles. The van der Waals surface area contributed by atoms with Crippen LogP contribution in [-0.2, 0) is 22.4 Å². The lowest BCUT2D eigenvalue weighted by Crippen LogP contribution is -2.12. The van der Waals surface area contributed by atoms with Crippen LogP contribution in [0.5, 0.6) is 28.7 Å². The van der Waals surface area contributed by atoms with Gasteiger partial charge in [0.15, 0.2) is 11.5 Å². The van der Waals surface area contributed by atoms with E-state index in [0.29, 0.717) is 12.8 Å². The maximum atomic E-state index is 12.7. The number of hydrogen-bond donors (Lipinski definition) is 5. The zero-order chi connectivity index (χ0) is 22.7. The van der Waals surface area contributed by atoms with Crippen LogP contribution in [0.15, 0.2) is 12.1 Å². The third-order valence-electron chi connectivity index (χ3n) is 5.00. The number of amides is 1. The molecule has 1 aliphatic heterocycles. The van der Waals surface area contributed by atoms with Crippen LogP contribution in [0.3, 0.4) is 0 Å². The van der Waals surface area contributed by atoms with E-state index in [1.165, 1.54) is 13.2 Å². The quantitative estimate of drug-likeness (QED) is 0.252. The molecule has 1 heterocycles. The van der Waals surface area contributed by atoms with Crippen molar-refractivity contribution in [1.82, 2.24) is 0 Å². The van der Waals surface area contributed by atoms with Crippen molar-refractivity contribution >= 4 is 29.2 Å². The summed E-state index contributed by atoms with van der Waals surface area (Å²) in [5.41, 5.74) is 0.190. The summed E-state index contributed by atoms with van der Waals surface area (Å²) < 4.78 is 10.4. The van der Waals surface area contributed by atoms with Gasteiger partial charge in [-0.15, -0.1) is 0 Å². The molecule has 0 fully saturated rings. The number of phenols is 4. The van der Waals surface area contributed by atoms with Gasteiger partial charge in [0.2, 0.25) is 5.91 Å². The minimum atomic E-state index is -0.864. The molecule has 1 aliphatic rings. The van der Waals surface area contributed by atoms with Crippen molar-refractivity contribution in [1.29, 1.82) is 0 Å². The van der Waals surface area contributed by atoms with Gasteiger partial charge in [0, 0.05) is 30.5 Å². The van der Waals surface area contributed by atoms with Crippen molar-refractivity contribution in [3.05, 3.63) is 33.8 Å². The van der Waals surface area contributed by atoms with E-state index in [-0.39, 0.29) is 76.3 Å². The second kappa shape index (κ2) is 9.22. The first kappa shape index (κ1) is 22.4. The number of ether oxygens (including phenoxy) is 2. The first-order valence-electron chi connectivity index (χ1n) is 9.56. The van der Waals surface area contributed by atoms with Crippen LogP contribution >= 0.6 is 11.6 Å². The molecule has 0 spiro atoms. The topological polar surface area (TPSA) is 146 Å². The van der Waals surface area contributed by atoms with E-state index in [2.05, 4.69) is 5.32 Å². The van der Waals surface area contributed by atoms with Gasteiger partial charge in [0.25, 0.3) is 0 Å². The third kappa shape index (κ3) is 4.56. The van der Waals surface area contributed by atoms with Crippen molar-refractivity contribution < 1.29 is 39.5 Å². The van der Waals surface area contributed by atoms with Gasteiger partial charge in [-0.25, -0.2) is 4.79 Å². The molecule has 0 unspecified atom stereocenters. The number of phenolic OH excluding ortho intramolecular Hbond substituents is 4. The molecular formula is C21H22ClNO8. The van der Waals surface area contributed by atoms with E-state index in [9.17, 15) is 30.0 Å². The van der Waals surface area contributed by atoms with E-state index in [1.54, 1.807) is 0 Å². The number of hydrogen-bond acceptors (Lipinski definition) is 8. The van der Waals surface area contributed by atoms with E-state index in [4.69, 9.17) is 21.1 Å². The SMILES string of the molecule is COc1c(O)cc2c(O)c1CCOC(=O)c1c(O)cc(O)c(Cl)c1CCCCC(=O)N2. The number of cyclic esters (lactones) is 1. The highest BCUT2D eigenvalue weighted by molar-refractivity contribution is 6.33. The summed E-state index contributed by atoms with van der Waals surface area (Å²) >= 11 is 6.15. The summed E-state index contributed by atoms with van der Waals surface area (Å²) in [6.07, 6.45) is 1.06. The number of benzene rings is 2. The summed E-state index contributed by atoms with van der Waals surface area (Å²) in [6, 6.07) is 2.14. The number of carbonyl (C=O) groups excluding carboxylic acids is 2. The summed E-state index contributed by atoms with van der Waals surface area (Å²) in [5.74, 6) is -2.74. The smallest absolute Gasteiger partial charge is 0.342 e. The van der Waals surface area contributed by atoms with Gasteiger partial charge in [-0.3, -0.25) is 4.79 Å². The van der Waals surface area contributed by atoms with E-state index in [1.807, 2.05) is 0 Å². The number of aromatic hydroxyl groups is 4. The summed E-state index contributed by atoms with van der Waals surface area (Å²) in [6.45, 7) is -0.239. The normalized spacial score (nSPS) is 15.2. The molecular weight excluding hydrogens is 430 g/mol. The Bertz CT molecular complexity index is 1040. The van der Waals surface area contributed by atoms with Crippen LogP contribution in [0.25, 0.3) is 0 Å². The van der Waals surface area contributed by atoms with Gasteiger partial charge in [0.1, 0.15) is 22.8 Å². The van der Waals surface area contributed by atoms with Crippen molar-refractivity contribution in [2.75, 3.05) is 19.0 Å². The highest BCUT2D eigenvalue weighted by Gasteiger charge is 2.25. The zero-order valence-electron chi connectivity index (χ0n) is 16.7. The van der Waals surface area contributed by atoms with Crippen LogP contribution in [0, 0.1) is 0 Å². The number of rotatable bonds is 1. The predicted octanol–water partition coefficient (Wildman–Crippen LogP) is 3.24. The summed E-state index contributed by atoms with van der Waals surface area (Å²) in [5, 5.41) is 43.4. The van der Waals surface area contributed by atoms with Crippen LogP contribution < -0.4 is 10.1 Å². The standard InChI is InChI=1S/C21H22ClNO8/c1-30-20-11-6-7-31-21(29)17-10(18(22)14(25)9-13(17)24)4-2-3-5-16(27)23-12(19(11)28)8-15(20)26/h8-9,24-26,28H,2-7H2,1H3,(H,23,27). The fourth-order valence-electron chi connectivity index (χ4n) is 3.51. The van der Waals surface area contributed by atoms with Crippen molar-refractivity contribution in [2.45, 2.75) is 32.1 Å². The molecule has 2 bridgehead atoms. The molecule has 3 rings (SSSR count). The fraction of sp³-hybridized carbons (Fsp3) is 0.333. The van der Waals surface area contributed by atoms with Gasteiger partial charge < -0.3 is 35.2 Å². The number of esters is 1. The number of halogens is 1. The molecule has 0 aromatic heterocycles. The molecule has 0 atom stereocenters. The first-order valence-corrected chi connectivity index (χ1v) is 9.94. The van der Waals surface area contributed by atoms with Gasteiger partial charge in [0.05, 0.1) is 24.4 Å². The van der Waals surface area contributed by atoms with E-state index >= 15 is 0 Å². The highest BCUT2D eigenvalue weighted by Crippen LogP contribution is 2.43. The number of methoxy groups -OCH3 is 1. The largest absolute Gasteiger partial charge is 0.507 e. The lowest BCUT2D eigenvalue weighted by Gasteiger charge is -2.16. The van der Waals surface area contributed by atoms with Gasteiger partial charge >= 0.3 is 5.97 Å². The third-order valence-corrected chi connectivity index (χ3v) is 5.42. The number of fused-ring (bicyclic) bond motifs is 3. The maximum Gasteiger partial charge on any atom is 0.342 e. The minimum absolute atomic E-state index is 0.00777. The van der Waals surface area contributed by atoms with Crippen LogP contribution in [0.1, 0.15) is 40.7 Å². The highest BCUT2D eigenvalue weighted by atomic mass is 35.5. The Labute approximate surface area is 182 Å². The predicted molar refractivity (Wildman–Crippen MR) is 111 cm³/mol. The average molecular weight is 452 g/mol. The molecule has 2 aromatic rings. The summed E-state index contributed by atoms with van der Waals surface area (Å²) in [7, 11) is 1.30. The van der Waals surface area contributed by atoms with Crippen LogP contribution in [-0.4, -0.2) is 46.0 Å². The van der Waals surface area contributed by atoms with E-state index in [0.717, 1.165) is 6.07 Å². The molecule has 1 amide bonds. The minimum Gasteiger partial charge on any atom is -0.507 e. The number of nitrogens with one attached hydrogen (secondary N) is 1. The van der Waals surface area contributed by atoms with Crippen molar-refractivity contribution in [3.63, 3.8) is 0 Å². The average Bonchev–Trinajstić information content (AvgIpc) is 2.71. The Kier molecular flexibility index (Phi) is 6.65. The van der Waals surface area contributed by atoms with Crippen molar-refractivity contribution in [2.24, 2.45) is 0 Å². The van der Waals surface area contributed by atoms with Gasteiger partial charge in [-0.2, -0.15) is 0 Å². The van der Waals surface area contributed by atoms with Crippen LogP contribution in [0.4, 0.5) is 5.69 Å². The Balaban J connectivity index is 2.02. The lowest BCUT2D eigenvalue weighted by molar-refractivity contribution is -0.116. The monoisotopic (exact) mass is 451 g/mol. The molecule has 9 nitrogen and oxygen atoms in total. The molecule has 31 heavy (non-hydrogen) atoms. The number of anilines is 1. The molecule has 10 heteroatoms. The lowest BCUT2D eigenvalue weighted by atomic mass is 9.99. The van der Waals surface area contributed by atoms with Crippen LogP contribution in [0.2, 0.25) is 5.02 Å². The molecule has 0 aliphatic carbocycles. The second-order valence-corrected chi connectivity index (χ2v) is 7.41. The molecule has 0 radical (unpaired) electrons. The maximum absolute atomic E-state index is 12.7. The van der Waals surface area contributed by atoms with E-state index < -0.39 is 17.6 Å². The Morgan fingerprint density at radius 1 is 0.968 bits per heavy atom. The Morgan fingerprint density at radius 2 is 1.68 bits per heavy atom. The molecule has 0 saturated heterocycles. The van der Waals surface area contributed by atoms with Gasteiger partial charge in [-0.1, -0.05) is 11.6 Å². The Morgan fingerprint density at radius 3 is 2.39 bits per heavy atom. The molecule has 166 valence electrons. The Hall–Kier alpha value is -3.33. The fourth-order valence-corrected chi connectivity index (χ4v) is 3.76.